The van der Waals surface area contributed by atoms with Crippen LogP contribution in [-0.4, -0.2) is 32.6 Å². The minimum absolute atomic E-state index is 0.211. The van der Waals surface area contributed by atoms with E-state index in [1.54, 1.807) is 24.5 Å². The largest absolute Gasteiger partial charge is 0.480 e. The summed E-state index contributed by atoms with van der Waals surface area (Å²) in [5.41, 5.74) is 3.21. The number of nitrogens with one attached hydrogen (secondary N) is 2. The molecule has 26 heavy (non-hydrogen) atoms. The highest BCUT2D eigenvalue weighted by atomic mass is 35.5. The van der Waals surface area contributed by atoms with Gasteiger partial charge in [0.15, 0.2) is 0 Å². The minimum Gasteiger partial charge on any atom is -0.480 e. The highest BCUT2D eigenvalue weighted by Crippen LogP contribution is 2.25. The monoisotopic (exact) mass is 369 g/mol. The van der Waals surface area contributed by atoms with Crippen LogP contribution in [0.1, 0.15) is 5.56 Å². The molecule has 3 aromatic rings. The highest BCUT2D eigenvalue weighted by molar-refractivity contribution is 6.31. The zero-order valence-electron chi connectivity index (χ0n) is 13.9. The van der Waals surface area contributed by atoms with Gasteiger partial charge in [0.25, 0.3) is 0 Å². The van der Waals surface area contributed by atoms with E-state index >= 15 is 0 Å². The van der Waals surface area contributed by atoms with Gasteiger partial charge in [0, 0.05) is 34.7 Å². The number of aryl methyl sites for hydroxylation is 1. The number of nitrogens with zero attached hydrogens (tertiary/aromatic N) is 3. The van der Waals surface area contributed by atoms with Crippen molar-refractivity contribution >= 4 is 35.0 Å². The summed E-state index contributed by atoms with van der Waals surface area (Å²) in [4.78, 5) is 23.5. The number of halogens is 1. The summed E-state index contributed by atoms with van der Waals surface area (Å²) in [6.45, 7) is 1.64. The van der Waals surface area contributed by atoms with Crippen LogP contribution in [0.15, 0.2) is 48.8 Å². The van der Waals surface area contributed by atoms with Gasteiger partial charge in [0.05, 0.1) is 5.69 Å². The maximum absolute atomic E-state index is 10.8. The Hall–Kier alpha value is -3.19. The number of carboxylic acids is 1. The van der Waals surface area contributed by atoms with Gasteiger partial charge in [0.1, 0.15) is 12.4 Å². The molecule has 0 amide bonds. The number of aliphatic carboxylic acids is 1. The van der Waals surface area contributed by atoms with Crippen molar-refractivity contribution in [2.75, 3.05) is 17.2 Å². The smallest absolute Gasteiger partial charge is 0.322 e. The number of anilines is 3. The molecule has 7 nitrogen and oxygen atoms in total. The standard InChI is InChI=1S/C18H16ClN5O2/c1-11-2-3-13(8-14(11)19)22-16-9-15(12-4-6-20-7-5-12)23-18(24-16)21-10-17(25)26/h2-9H,10H2,1H3,(H,25,26)(H2,21,22,23,24). The van der Waals surface area contributed by atoms with E-state index in [2.05, 4.69) is 25.6 Å². The van der Waals surface area contributed by atoms with Crippen molar-refractivity contribution in [2.45, 2.75) is 6.92 Å². The SMILES string of the molecule is Cc1ccc(Nc2cc(-c3ccncc3)nc(NCC(=O)O)n2)cc1Cl. The molecule has 3 rings (SSSR count). The van der Waals surface area contributed by atoms with E-state index in [-0.39, 0.29) is 12.5 Å². The maximum atomic E-state index is 10.8. The average molecular weight is 370 g/mol. The number of hydrogen-bond acceptors (Lipinski definition) is 6. The minimum atomic E-state index is -0.997. The van der Waals surface area contributed by atoms with Gasteiger partial charge in [-0.2, -0.15) is 4.98 Å². The third-order valence-corrected chi connectivity index (χ3v) is 3.95. The molecular weight excluding hydrogens is 354 g/mol. The van der Waals surface area contributed by atoms with Crippen molar-refractivity contribution in [1.29, 1.82) is 0 Å². The third kappa shape index (κ3) is 4.46. The van der Waals surface area contributed by atoms with E-state index in [0.29, 0.717) is 16.5 Å². The van der Waals surface area contributed by atoms with Gasteiger partial charge in [0.2, 0.25) is 5.95 Å². The van der Waals surface area contributed by atoms with Gasteiger partial charge in [-0.1, -0.05) is 17.7 Å². The fraction of sp³-hybridized carbons (Fsp3) is 0.111. The van der Waals surface area contributed by atoms with Crippen molar-refractivity contribution in [3.05, 3.63) is 59.4 Å². The predicted molar refractivity (Wildman–Crippen MR) is 101 cm³/mol. The van der Waals surface area contributed by atoms with Crippen molar-refractivity contribution in [3.63, 3.8) is 0 Å². The second-order valence-corrected chi connectivity index (χ2v) is 5.94. The molecule has 0 saturated heterocycles. The molecule has 0 unspecified atom stereocenters. The number of rotatable bonds is 6. The van der Waals surface area contributed by atoms with E-state index in [0.717, 1.165) is 16.8 Å². The lowest BCUT2D eigenvalue weighted by Crippen LogP contribution is -2.15. The summed E-state index contributed by atoms with van der Waals surface area (Å²) in [6, 6.07) is 11.0. The fourth-order valence-corrected chi connectivity index (χ4v) is 2.41. The summed E-state index contributed by atoms with van der Waals surface area (Å²) in [5, 5.41) is 15.4. The molecule has 0 radical (unpaired) electrons. The van der Waals surface area contributed by atoms with E-state index in [4.69, 9.17) is 16.7 Å². The molecule has 8 heteroatoms. The Kier molecular flexibility index (Phi) is 5.28. The van der Waals surface area contributed by atoms with Gasteiger partial charge in [-0.3, -0.25) is 9.78 Å². The van der Waals surface area contributed by atoms with Crippen molar-refractivity contribution in [1.82, 2.24) is 15.0 Å². The Morgan fingerprint density at radius 2 is 1.92 bits per heavy atom. The third-order valence-electron chi connectivity index (χ3n) is 3.54. The first-order chi connectivity index (χ1) is 12.5. The molecule has 0 bridgehead atoms. The number of carbonyl (C=O) groups is 1. The summed E-state index contributed by atoms with van der Waals surface area (Å²) < 4.78 is 0. The first-order valence-electron chi connectivity index (χ1n) is 7.79. The summed E-state index contributed by atoms with van der Waals surface area (Å²) in [7, 11) is 0. The normalized spacial score (nSPS) is 10.4. The number of pyridine rings is 1. The van der Waals surface area contributed by atoms with Crippen LogP contribution in [0, 0.1) is 6.92 Å². The Bertz CT molecular complexity index is 934. The zero-order valence-corrected chi connectivity index (χ0v) is 14.7. The van der Waals surface area contributed by atoms with Gasteiger partial charge in [-0.05, 0) is 36.8 Å². The molecule has 0 aliphatic carbocycles. The first kappa shape index (κ1) is 17.6. The van der Waals surface area contributed by atoms with E-state index < -0.39 is 5.97 Å². The van der Waals surface area contributed by atoms with Crippen LogP contribution in [0.3, 0.4) is 0 Å². The quantitative estimate of drug-likeness (QED) is 0.608. The van der Waals surface area contributed by atoms with Gasteiger partial charge >= 0.3 is 5.97 Å². The Morgan fingerprint density at radius 3 is 2.62 bits per heavy atom. The lowest BCUT2D eigenvalue weighted by molar-refractivity contribution is -0.134. The predicted octanol–water partition coefficient (Wildman–Crippen LogP) is 3.74. The van der Waals surface area contributed by atoms with E-state index in [1.807, 2.05) is 31.2 Å². The molecule has 0 spiro atoms. The van der Waals surface area contributed by atoms with Crippen molar-refractivity contribution in [3.8, 4) is 11.3 Å². The van der Waals surface area contributed by atoms with E-state index in [9.17, 15) is 4.79 Å². The molecular formula is C18H16ClN5O2. The average Bonchev–Trinajstić information content (AvgIpc) is 2.64. The molecule has 0 atom stereocenters. The Labute approximate surface area is 155 Å². The number of aromatic nitrogens is 3. The van der Waals surface area contributed by atoms with Gasteiger partial charge < -0.3 is 15.7 Å². The van der Waals surface area contributed by atoms with Crippen LogP contribution < -0.4 is 10.6 Å². The Morgan fingerprint density at radius 1 is 1.15 bits per heavy atom. The summed E-state index contributed by atoms with van der Waals surface area (Å²) in [5.74, 6) is -0.273. The molecule has 0 saturated carbocycles. The maximum Gasteiger partial charge on any atom is 0.322 e. The molecule has 1 aromatic carbocycles. The molecule has 2 aromatic heterocycles. The van der Waals surface area contributed by atoms with Crippen molar-refractivity contribution < 1.29 is 9.90 Å². The fourth-order valence-electron chi connectivity index (χ4n) is 2.23. The second kappa shape index (κ2) is 7.79. The van der Waals surface area contributed by atoms with Crippen LogP contribution in [0.4, 0.5) is 17.5 Å². The molecule has 0 aliphatic rings. The molecule has 2 heterocycles. The van der Waals surface area contributed by atoms with Crippen LogP contribution in [-0.2, 0) is 4.79 Å². The molecule has 0 fully saturated rings. The lowest BCUT2D eigenvalue weighted by Gasteiger charge is -2.11. The van der Waals surface area contributed by atoms with Crippen LogP contribution >= 0.6 is 11.6 Å². The zero-order chi connectivity index (χ0) is 18.5. The number of carboxylic acid groups (broad SMARTS) is 1. The van der Waals surface area contributed by atoms with Crippen molar-refractivity contribution in [2.24, 2.45) is 0 Å². The number of benzene rings is 1. The van der Waals surface area contributed by atoms with Gasteiger partial charge in [-0.25, -0.2) is 4.98 Å². The Balaban J connectivity index is 1.95. The molecule has 0 aliphatic heterocycles. The van der Waals surface area contributed by atoms with Crippen LogP contribution in [0.25, 0.3) is 11.3 Å². The second-order valence-electron chi connectivity index (χ2n) is 5.53. The van der Waals surface area contributed by atoms with Gasteiger partial charge in [-0.15, -0.1) is 0 Å². The van der Waals surface area contributed by atoms with E-state index in [1.165, 1.54) is 0 Å². The lowest BCUT2D eigenvalue weighted by atomic mass is 10.2. The summed E-state index contributed by atoms with van der Waals surface area (Å²) >= 11 is 6.17. The number of hydrogen-bond donors (Lipinski definition) is 3. The first-order valence-corrected chi connectivity index (χ1v) is 8.17. The topological polar surface area (TPSA) is 100 Å². The highest BCUT2D eigenvalue weighted by Gasteiger charge is 2.09. The summed E-state index contributed by atoms with van der Waals surface area (Å²) in [6.07, 6.45) is 3.32. The molecule has 132 valence electrons. The van der Waals surface area contributed by atoms with Crippen LogP contribution in [0.5, 0.6) is 0 Å². The van der Waals surface area contributed by atoms with Crippen LogP contribution in [0.2, 0.25) is 5.02 Å². The molecule has 3 N–H and O–H groups in total.